The zero-order valence-corrected chi connectivity index (χ0v) is 7.50. The van der Waals surface area contributed by atoms with E-state index in [9.17, 15) is 8.78 Å². The molecule has 4 heteroatoms. The fourth-order valence-corrected chi connectivity index (χ4v) is 1.18. The molecule has 1 atom stereocenters. The molecule has 14 heavy (non-hydrogen) atoms. The van der Waals surface area contributed by atoms with Crippen LogP contribution in [0.3, 0.4) is 0 Å². The zero-order valence-electron chi connectivity index (χ0n) is 7.50. The van der Waals surface area contributed by atoms with E-state index in [0.29, 0.717) is 6.42 Å². The standard InChI is InChI=1S/C10H10F2N2/c11-7-3-4-8(9(12)6-7)10(14)2-1-5-13/h3-4,6,10H,1-2,14H2. The van der Waals surface area contributed by atoms with Gasteiger partial charge in [0.2, 0.25) is 0 Å². The molecule has 0 heterocycles. The minimum absolute atomic E-state index is 0.252. The van der Waals surface area contributed by atoms with Gasteiger partial charge in [0.1, 0.15) is 11.6 Å². The molecule has 0 bridgehead atoms. The summed E-state index contributed by atoms with van der Waals surface area (Å²) in [6, 6.07) is 4.64. The van der Waals surface area contributed by atoms with E-state index in [2.05, 4.69) is 0 Å². The number of nitriles is 1. The van der Waals surface area contributed by atoms with Gasteiger partial charge in [-0.2, -0.15) is 5.26 Å². The topological polar surface area (TPSA) is 49.8 Å². The first-order valence-corrected chi connectivity index (χ1v) is 4.22. The largest absolute Gasteiger partial charge is 0.324 e. The van der Waals surface area contributed by atoms with E-state index in [-0.39, 0.29) is 12.0 Å². The number of halogens is 2. The summed E-state index contributed by atoms with van der Waals surface area (Å²) in [7, 11) is 0. The van der Waals surface area contributed by atoms with Crippen molar-refractivity contribution in [1.29, 1.82) is 5.26 Å². The maximum Gasteiger partial charge on any atom is 0.130 e. The van der Waals surface area contributed by atoms with Crippen molar-refractivity contribution in [2.24, 2.45) is 5.73 Å². The number of nitrogens with two attached hydrogens (primary N) is 1. The Hall–Kier alpha value is -1.47. The Kier molecular flexibility index (Phi) is 3.55. The summed E-state index contributed by atoms with van der Waals surface area (Å²) in [4.78, 5) is 0. The molecule has 0 amide bonds. The highest BCUT2D eigenvalue weighted by molar-refractivity contribution is 5.21. The Balaban J connectivity index is 2.80. The Morgan fingerprint density at radius 1 is 1.43 bits per heavy atom. The van der Waals surface area contributed by atoms with Gasteiger partial charge in [-0.25, -0.2) is 8.78 Å². The molecule has 0 aromatic heterocycles. The highest BCUT2D eigenvalue weighted by Crippen LogP contribution is 2.19. The molecule has 1 rings (SSSR count). The molecule has 0 saturated carbocycles. The summed E-state index contributed by atoms with van der Waals surface area (Å²) in [5.41, 5.74) is 5.87. The van der Waals surface area contributed by atoms with Gasteiger partial charge in [-0.1, -0.05) is 6.07 Å². The van der Waals surface area contributed by atoms with Crippen LogP contribution in [0.5, 0.6) is 0 Å². The maximum absolute atomic E-state index is 13.1. The van der Waals surface area contributed by atoms with Gasteiger partial charge in [-0.05, 0) is 12.5 Å². The summed E-state index contributed by atoms with van der Waals surface area (Å²) >= 11 is 0. The summed E-state index contributed by atoms with van der Waals surface area (Å²) < 4.78 is 25.7. The third kappa shape index (κ3) is 2.51. The fourth-order valence-electron chi connectivity index (χ4n) is 1.18. The maximum atomic E-state index is 13.1. The molecule has 0 saturated heterocycles. The minimum atomic E-state index is -0.657. The van der Waals surface area contributed by atoms with Crippen molar-refractivity contribution in [3.05, 3.63) is 35.4 Å². The van der Waals surface area contributed by atoms with E-state index < -0.39 is 17.7 Å². The van der Waals surface area contributed by atoms with Crippen molar-refractivity contribution in [2.45, 2.75) is 18.9 Å². The van der Waals surface area contributed by atoms with E-state index in [1.807, 2.05) is 6.07 Å². The molecular formula is C10H10F2N2. The highest BCUT2D eigenvalue weighted by atomic mass is 19.1. The SMILES string of the molecule is N#CCCC(N)c1ccc(F)cc1F. The lowest BCUT2D eigenvalue weighted by atomic mass is 10.0. The second-order valence-corrected chi connectivity index (χ2v) is 2.97. The average Bonchev–Trinajstić information content (AvgIpc) is 2.14. The van der Waals surface area contributed by atoms with Gasteiger partial charge >= 0.3 is 0 Å². The van der Waals surface area contributed by atoms with Gasteiger partial charge in [0.25, 0.3) is 0 Å². The summed E-state index contributed by atoms with van der Waals surface area (Å²) in [5.74, 6) is -1.28. The van der Waals surface area contributed by atoms with Crippen LogP contribution in [0.2, 0.25) is 0 Å². The summed E-state index contributed by atoms with van der Waals surface area (Å²) in [6.07, 6.45) is 0.636. The molecule has 0 aliphatic rings. The van der Waals surface area contributed by atoms with E-state index >= 15 is 0 Å². The van der Waals surface area contributed by atoms with Crippen LogP contribution in [-0.4, -0.2) is 0 Å². The van der Waals surface area contributed by atoms with Crippen LogP contribution in [0.15, 0.2) is 18.2 Å². The number of rotatable bonds is 3. The van der Waals surface area contributed by atoms with Crippen LogP contribution in [0.4, 0.5) is 8.78 Å². The molecule has 74 valence electrons. The van der Waals surface area contributed by atoms with E-state index in [0.717, 1.165) is 12.1 Å². The normalized spacial score (nSPS) is 12.1. The molecule has 1 aromatic carbocycles. The zero-order chi connectivity index (χ0) is 10.6. The Labute approximate surface area is 81.0 Å². The van der Waals surface area contributed by atoms with Crippen molar-refractivity contribution in [3.8, 4) is 6.07 Å². The Bertz CT molecular complexity index is 358. The Morgan fingerprint density at radius 3 is 2.71 bits per heavy atom. The number of hydrogen-bond donors (Lipinski definition) is 1. The van der Waals surface area contributed by atoms with Gasteiger partial charge < -0.3 is 5.73 Å². The van der Waals surface area contributed by atoms with Crippen molar-refractivity contribution < 1.29 is 8.78 Å². The molecule has 2 nitrogen and oxygen atoms in total. The number of benzene rings is 1. The first-order valence-electron chi connectivity index (χ1n) is 4.22. The molecule has 0 aliphatic heterocycles. The summed E-state index contributed by atoms with van der Waals surface area (Å²) in [5, 5.41) is 8.32. The fraction of sp³-hybridized carbons (Fsp3) is 0.300. The van der Waals surface area contributed by atoms with Gasteiger partial charge in [0.15, 0.2) is 0 Å². The van der Waals surface area contributed by atoms with Crippen molar-refractivity contribution in [2.75, 3.05) is 0 Å². The third-order valence-electron chi connectivity index (χ3n) is 1.93. The molecule has 1 unspecified atom stereocenters. The van der Waals surface area contributed by atoms with Crippen molar-refractivity contribution in [1.82, 2.24) is 0 Å². The number of nitrogens with zero attached hydrogens (tertiary/aromatic N) is 1. The smallest absolute Gasteiger partial charge is 0.130 e. The molecule has 0 fully saturated rings. The lowest BCUT2D eigenvalue weighted by Gasteiger charge is -2.10. The second-order valence-electron chi connectivity index (χ2n) is 2.97. The van der Waals surface area contributed by atoms with Crippen LogP contribution in [0.25, 0.3) is 0 Å². The lowest BCUT2D eigenvalue weighted by Crippen LogP contribution is -2.11. The van der Waals surface area contributed by atoms with E-state index in [4.69, 9.17) is 11.0 Å². The monoisotopic (exact) mass is 196 g/mol. The van der Waals surface area contributed by atoms with Crippen molar-refractivity contribution >= 4 is 0 Å². The Morgan fingerprint density at radius 2 is 2.14 bits per heavy atom. The van der Waals surface area contributed by atoms with Gasteiger partial charge in [0.05, 0.1) is 6.07 Å². The predicted octanol–water partition coefficient (Wildman–Crippen LogP) is 2.27. The first kappa shape index (κ1) is 10.6. The molecule has 0 radical (unpaired) electrons. The van der Waals surface area contributed by atoms with Crippen LogP contribution >= 0.6 is 0 Å². The van der Waals surface area contributed by atoms with E-state index in [1.165, 1.54) is 6.07 Å². The molecule has 1 aromatic rings. The summed E-state index contributed by atoms with van der Waals surface area (Å²) in [6.45, 7) is 0. The van der Waals surface area contributed by atoms with Gasteiger partial charge in [0, 0.05) is 24.1 Å². The minimum Gasteiger partial charge on any atom is -0.324 e. The first-order chi connectivity index (χ1) is 6.65. The quantitative estimate of drug-likeness (QED) is 0.806. The molecular weight excluding hydrogens is 186 g/mol. The molecule has 0 aliphatic carbocycles. The van der Waals surface area contributed by atoms with Crippen LogP contribution < -0.4 is 5.73 Å². The highest BCUT2D eigenvalue weighted by Gasteiger charge is 2.11. The predicted molar refractivity (Wildman–Crippen MR) is 48.1 cm³/mol. The van der Waals surface area contributed by atoms with Gasteiger partial charge in [-0.15, -0.1) is 0 Å². The van der Waals surface area contributed by atoms with Gasteiger partial charge in [-0.3, -0.25) is 0 Å². The van der Waals surface area contributed by atoms with Crippen LogP contribution in [0.1, 0.15) is 24.4 Å². The average molecular weight is 196 g/mol. The lowest BCUT2D eigenvalue weighted by molar-refractivity contribution is 0.546. The van der Waals surface area contributed by atoms with Crippen LogP contribution in [-0.2, 0) is 0 Å². The molecule has 2 N–H and O–H groups in total. The molecule has 0 spiro atoms. The number of hydrogen-bond acceptors (Lipinski definition) is 2. The third-order valence-corrected chi connectivity index (χ3v) is 1.93. The second kappa shape index (κ2) is 4.68. The van der Waals surface area contributed by atoms with Crippen LogP contribution in [0, 0.1) is 23.0 Å². The van der Waals surface area contributed by atoms with Crippen molar-refractivity contribution in [3.63, 3.8) is 0 Å². The van der Waals surface area contributed by atoms with E-state index in [1.54, 1.807) is 0 Å².